The van der Waals surface area contributed by atoms with Crippen molar-refractivity contribution < 1.29 is 14.3 Å². The number of nitrogens with one attached hydrogen (secondary N) is 1. The fourth-order valence-corrected chi connectivity index (χ4v) is 1.37. The Hall–Kier alpha value is -1.98. The maximum Gasteiger partial charge on any atom is 0.308 e. The lowest BCUT2D eigenvalue weighted by Crippen LogP contribution is -2.45. The number of rotatable bonds is 1. The van der Waals surface area contributed by atoms with Crippen molar-refractivity contribution >= 4 is 23.3 Å². The van der Waals surface area contributed by atoms with E-state index in [2.05, 4.69) is 15.3 Å². The van der Waals surface area contributed by atoms with E-state index in [4.69, 9.17) is 4.74 Å². The van der Waals surface area contributed by atoms with Gasteiger partial charge in [0.25, 0.3) is 5.91 Å². The highest BCUT2D eigenvalue weighted by Crippen LogP contribution is 2.15. The number of hydrogen-bond donors (Lipinski definition) is 1. The predicted octanol–water partition coefficient (Wildman–Crippen LogP) is -0.238. The Morgan fingerprint density at radius 1 is 1.53 bits per heavy atom. The van der Waals surface area contributed by atoms with Crippen LogP contribution in [0.5, 0.6) is 0 Å². The normalized spacial score (nSPS) is 23.5. The highest BCUT2D eigenvalue weighted by Gasteiger charge is 2.32. The monoisotopic (exact) mass is 207 g/mol. The Bertz CT molecular complexity index is 434. The number of esters is 1. The molecule has 0 aromatic carbocycles. The standard InChI is InChI=1S/C9H9N3O3/c1-4-11-7-6(15-5(2)13)3-10-8(7)9(14)12-4/h3-4H,1-2H3,(H,12,14). The number of nitrogens with zero attached hydrogens (tertiary/aromatic N) is 2. The van der Waals surface area contributed by atoms with E-state index < -0.39 is 5.97 Å². The van der Waals surface area contributed by atoms with Gasteiger partial charge in [-0.3, -0.25) is 14.6 Å². The van der Waals surface area contributed by atoms with Crippen LogP contribution in [0.15, 0.2) is 21.9 Å². The van der Waals surface area contributed by atoms with Gasteiger partial charge < -0.3 is 10.1 Å². The Labute approximate surface area is 85.7 Å². The second kappa shape index (κ2) is 3.30. The van der Waals surface area contributed by atoms with Crippen molar-refractivity contribution in [3.63, 3.8) is 0 Å². The largest absolute Gasteiger partial charge is 0.423 e. The van der Waals surface area contributed by atoms with Crippen molar-refractivity contribution in [3.05, 3.63) is 12.0 Å². The molecule has 2 aliphatic rings. The number of allylic oxidation sites excluding steroid dienone is 1. The molecule has 1 amide bonds. The molecule has 0 aromatic rings. The zero-order valence-electron chi connectivity index (χ0n) is 8.27. The van der Waals surface area contributed by atoms with E-state index in [1.807, 2.05) is 0 Å². The first-order valence-electron chi connectivity index (χ1n) is 4.43. The molecule has 1 atom stereocenters. The molecule has 15 heavy (non-hydrogen) atoms. The van der Waals surface area contributed by atoms with Gasteiger partial charge in [-0.05, 0) is 6.92 Å². The summed E-state index contributed by atoms with van der Waals surface area (Å²) in [6.45, 7) is 3.01. The molecule has 0 saturated heterocycles. The van der Waals surface area contributed by atoms with E-state index in [0.717, 1.165) is 0 Å². The van der Waals surface area contributed by atoms with Crippen LogP contribution in [0.2, 0.25) is 0 Å². The smallest absolute Gasteiger partial charge is 0.308 e. The molecule has 0 aromatic heterocycles. The van der Waals surface area contributed by atoms with Crippen molar-refractivity contribution in [3.8, 4) is 0 Å². The number of ether oxygens (including phenoxy) is 1. The van der Waals surface area contributed by atoms with Gasteiger partial charge in [0.1, 0.15) is 11.9 Å². The fourth-order valence-electron chi connectivity index (χ4n) is 1.37. The Balaban J connectivity index is 2.29. The number of fused-ring (bicyclic) bond motifs is 1. The third-order valence-corrected chi connectivity index (χ3v) is 1.90. The summed E-state index contributed by atoms with van der Waals surface area (Å²) in [6.07, 6.45) is 0.996. The summed E-state index contributed by atoms with van der Waals surface area (Å²) in [5, 5.41) is 2.59. The molecule has 2 heterocycles. The summed E-state index contributed by atoms with van der Waals surface area (Å²) in [6, 6.07) is 0. The SMILES string of the molecule is CC(=O)OC1=CN=C2C(=O)NC(C)N=C12. The Kier molecular flexibility index (Phi) is 2.11. The lowest BCUT2D eigenvalue weighted by molar-refractivity contribution is -0.136. The minimum atomic E-state index is -0.459. The van der Waals surface area contributed by atoms with E-state index in [9.17, 15) is 9.59 Å². The zero-order valence-corrected chi connectivity index (χ0v) is 8.27. The minimum absolute atomic E-state index is 0.198. The third kappa shape index (κ3) is 1.65. The lowest BCUT2D eigenvalue weighted by atomic mass is 10.1. The average Bonchev–Trinajstić information content (AvgIpc) is 2.48. The number of carbonyl (C=O) groups is 2. The van der Waals surface area contributed by atoms with Crippen LogP contribution in [0.25, 0.3) is 0 Å². The highest BCUT2D eigenvalue weighted by molar-refractivity contribution is 6.71. The molecule has 2 rings (SSSR count). The summed E-state index contributed by atoms with van der Waals surface area (Å²) >= 11 is 0. The number of hydrogen-bond acceptors (Lipinski definition) is 5. The van der Waals surface area contributed by atoms with Gasteiger partial charge in [0.05, 0.1) is 6.20 Å². The second-order valence-corrected chi connectivity index (χ2v) is 3.19. The highest BCUT2D eigenvalue weighted by atomic mass is 16.5. The van der Waals surface area contributed by atoms with E-state index in [0.29, 0.717) is 5.71 Å². The van der Waals surface area contributed by atoms with Crippen LogP contribution >= 0.6 is 0 Å². The molecule has 0 fully saturated rings. The first kappa shape index (κ1) is 9.57. The molecule has 2 aliphatic heterocycles. The van der Waals surface area contributed by atoms with Crippen molar-refractivity contribution in [2.75, 3.05) is 0 Å². The zero-order chi connectivity index (χ0) is 11.0. The fraction of sp³-hybridized carbons (Fsp3) is 0.333. The quantitative estimate of drug-likeness (QED) is 0.603. The first-order valence-corrected chi connectivity index (χ1v) is 4.43. The van der Waals surface area contributed by atoms with Gasteiger partial charge in [-0.15, -0.1) is 0 Å². The third-order valence-electron chi connectivity index (χ3n) is 1.90. The van der Waals surface area contributed by atoms with Gasteiger partial charge in [-0.1, -0.05) is 0 Å². The molecule has 6 heteroatoms. The van der Waals surface area contributed by atoms with Crippen molar-refractivity contribution in [1.82, 2.24) is 5.32 Å². The van der Waals surface area contributed by atoms with Gasteiger partial charge in [-0.25, -0.2) is 4.99 Å². The van der Waals surface area contributed by atoms with Gasteiger partial charge in [0.2, 0.25) is 0 Å². The summed E-state index contributed by atoms with van der Waals surface area (Å²) in [7, 11) is 0. The molecule has 0 bridgehead atoms. The Morgan fingerprint density at radius 3 is 2.93 bits per heavy atom. The summed E-state index contributed by atoms with van der Waals surface area (Å²) < 4.78 is 4.87. The van der Waals surface area contributed by atoms with Crippen molar-refractivity contribution in [2.45, 2.75) is 20.0 Å². The van der Waals surface area contributed by atoms with E-state index in [1.165, 1.54) is 13.1 Å². The van der Waals surface area contributed by atoms with Crippen LogP contribution in [0.1, 0.15) is 13.8 Å². The van der Waals surface area contributed by atoms with Crippen molar-refractivity contribution in [1.29, 1.82) is 0 Å². The van der Waals surface area contributed by atoms with E-state index in [-0.39, 0.29) is 23.5 Å². The summed E-state index contributed by atoms with van der Waals surface area (Å²) in [4.78, 5) is 30.2. The topological polar surface area (TPSA) is 80.1 Å². The van der Waals surface area contributed by atoms with Crippen LogP contribution < -0.4 is 5.32 Å². The number of aliphatic imine (C=N–C) groups is 2. The maximum atomic E-state index is 11.4. The molecular formula is C9H9N3O3. The maximum absolute atomic E-state index is 11.4. The van der Waals surface area contributed by atoms with Crippen LogP contribution in [0.4, 0.5) is 0 Å². The van der Waals surface area contributed by atoms with Crippen LogP contribution in [-0.2, 0) is 14.3 Å². The first-order chi connectivity index (χ1) is 7.08. The molecule has 6 nitrogen and oxygen atoms in total. The van der Waals surface area contributed by atoms with Gasteiger partial charge >= 0.3 is 5.97 Å². The van der Waals surface area contributed by atoms with Gasteiger partial charge in [-0.2, -0.15) is 0 Å². The van der Waals surface area contributed by atoms with E-state index in [1.54, 1.807) is 6.92 Å². The molecule has 1 N–H and O–H groups in total. The van der Waals surface area contributed by atoms with Crippen LogP contribution in [0.3, 0.4) is 0 Å². The molecule has 0 spiro atoms. The molecular weight excluding hydrogens is 198 g/mol. The van der Waals surface area contributed by atoms with Crippen LogP contribution in [0, 0.1) is 0 Å². The average molecular weight is 207 g/mol. The van der Waals surface area contributed by atoms with E-state index >= 15 is 0 Å². The predicted molar refractivity (Wildman–Crippen MR) is 52.3 cm³/mol. The minimum Gasteiger partial charge on any atom is -0.423 e. The summed E-state index contributed by atoms with van der Waals surface area (Å²) in [5.41, 5.74) is 0.547. The van der Waals surface area contributed by atoms with Gasteiger partial charge in [0.15, 0.2) is 11.5 Å². The second-order valence-electron chi connectivity index (χ2n) is 3.19. The molecule has 78 valence electrons. The number of amides is 1. The van der Waals surface area contributed by atoms with Crippen LogP contribution in [-0.4, -0.2) is 29.5 Å². The molecule has 0 saturated carbocycles. The number of carbonyl (C=O) groups excluding carboxylic acids is 2. The van der Waals surface area contributed by atoms with Crippen molar-refractivity contribution in [2.24, 2.45) is 9.98 Å². The molecule has 0 radical (unpaired) electrons. The van der Waals surface area contributed by atoms with Gasteiger partial charge in [0, 0.05) is 6.92 Å². The Morgan fingerprint density at radius 2 is 2.27 bits per heavy atom. The molecule has 1 unspecified atom stereocenters. The summed E-state index contributed by atoms with van der Waals surface area (Å²) in [5.74, 6) is -0.524. The lowest BCUT2D eigenvalue weighted by Gasteiger charge is -2.17. The molecule has 0 aliphatic carbocycles.